The van der Waals surface area contributed by atoms with Crippen molar-refractivity contribution in [1.82, 2.24) is 0 Å². The zero-order valence-corrected chi connectivity index (χ0v) is 10.1. The molecule has 3 nitrogen and oxygen atoms in total. The van der Waals surface area contributed by atoms with Gasteiger partial charge in [0.25, 0.3) is 0 Å². The van der Waals surface area contributed by atoms with Gasteiger partial charge in [-0.15, -0.1) is 0 Å². The SMILES string of the molecule is COc1cc2c(cc1OC)C(O)C(C)=C2Cl. The van der Waals surface area contributed by atoms with E-state index in [1.807, 2.05) is 6.92 Å². The summed E-state index contributed by atoms with van der Waals surface area (Å²) >= 11 is 6.14. The van der Waals surface area contributed by atoms with Crippen molar-refractivity contribution in [2.45, 2.75) is 13.0 Å². The van der Waals surface area contributed by atoms with E-state index in [1.165, 1.54) is 0 Å². The summed E-state index contributed by atoms with van der Waals surface area (Å²) in [6, 6.07) is 3.55. The molecule has 86 valence electrons. The van der Waals surface area contributed by atoms with Gasteiger partial charge in [0.15, 0.2) is 11.5 Å². The number of benzene rings is 1. The minimum absolute atomic E-state index is 0.587. The van der Waals surface area contributed by atoms with E-state index in [0.717, 1.165) is 16.7 Å². The molecular formula is C12H13ClO3. The smallest absolute Gasteiger partial charge is 0.161 e. The largest absolute Gasteiger partial charge is 0.493 e. The highest BCUT2D eigenvalue weighted by Gasteiger charge is 2.28. The number of aliphatic hydroxyl groups excluding tert-OH is 1. The monoisotopic (exact) mass is 240 g/mol. The van der Waals surface area contributed by atoms with Crippen LogP contribution in [0.15, 0.2) is 17.7 Å². The maximum atomic E-state index is 9.97. The number of hydrogen-bond donors (Lipinski definition) is 1. The van der Waals surface area contributed by atoms with Gasteiger partial charge in [0.05, 0.1) is 19.3 Å². The lowest BCUT2D eigenvalue weighted by atomic mass is 10.1. The van der Waals surface area contributed by atoms with E-state index in [1.54, 1.807) is 26.4 Å². The topological polar surface area (TPSA) is 38.7 Å². The molecule has 4 heteroatoms. The zero-order valence-electron chi connectivity index (χ0n) is 9.37. The van der Waals surface area contributed by atoms with Gasteiger partial charge in [0.1, 0.15) is 6.10 Å². The van der Waals surface area contributed by atoms with Crippen LogP contribution in [-0.4, -0.2) is 19.3 Å². The minimum Gasteiger partial charge on any atom is -0.493 e. The van der Waals surface area contributed by atoms with Crippen molar-refractivity contribution in [3.63, 3.8) is 0 Å². The third-order valence-electron chi connectivity index (χ3n) is 2.84. The number of halogens is 1. The molecule has 1 aliphatic carbocycles. The summed E-state index contributed by atoms with van der Waals surface area (Å²) in [5.74, 6) is 1.21. The Hall–Kier alpha value is -1.19. The molecule has 16 heavy (non-hydrogen) atoms. The Labute approximate surface area is 99.3 Å². The van der Waals surface area contributed by atoms with Crippen LogP contribution < -0.4 is 9.47 Å². The van der Waals surface area contributed by atoms with Gasteiger partial charge < -0.3 is 14.6 Å². The molecule has 0 spiro atoms. The van der Waals surface area contributed by atoms with Crippen LogP contribution in [0.25, 0.3) is 5.03 Å². The van der Waals surface area contributed by atoms with Crippen molar-refractivity contribution < 1.29 is 14.6 Å². The zero-order chi connectivity index (χ0) is 11.9. The molecule has 0 radical (unpaired) electrons. The molecule has 1 N–H and O–H groups in total. The number of fused-ring (bicyclic) bond motifs is 1. The van der Waals surface area contributed by atoms with Crippen molar-refractivity contribution >= 4 is 16.6 Å². The van der Waals surface area contributed by atoms with Crippen molar-refractivity contribution in [2.24, 2.45) is 0 Å². The number of hydrogen-bond acceptors (Lipinski definition) is 3. The van der Waals surface area contributed by atoms with Crippen LogP contribution in [0.2, 0.25) is 0 Å². The fourth-order valence-corrected chi connectivity index (χ4v) is 2.14. The van der Waals surface area contributed by atoms with Gasteiger partial charge >= 0.3 is 0 Å². The molecule has 0 amide bonds. The van der Waals surface area contributed by atoms with Gasteiger partial charge in [-0.05, 0) is 30.2 Å². The second kappa shape index (κ2) is 4.00. The van der Waals surface area contributed by atoms with Gasteiger partial charge in [0.2, 0.25) is 0 Å². The van der Waals surface area contributed by atoms with Crippen LogP contribution in [0.1, 0.15) is 24.2 Å². The van der Waals surface area contributed by atoms with Gasteiger partial charge in [0, 0.05) is 5.56 Å². The molecule has 1 aromatic carbocycles. The molecule has 1 aromatic rings. The average molecular weight is 241 g/mol. The summed E-state index contributed by atoms with van der Waals surface area (Å²) in [6.45, 7) is 1.81. The van der Waals surface area contributed by atoms with Crippen LogP contribution in [0.4, 0.5) is 0 Å². The first-order valence-electron chi connectivity index (χ1n) is 4.90. The Kier molecular flexibility index (Phi) is 2.82. The third-order valence-corrected chi connectivity index (χ3v) is 3.34. The van der Waals surface area contributed by atoms with Gasteiger partial charge in [-0.2, -0.15) is 0 Å². The molecule has 1 atom stereocenters. The standard InChI is InChI=1S/C12H13ClO3/c1-6-11(13)7-4-9(15-2)10(16-3)5-8(7)12(6)14/h4-5,12,14H,1-3H3. The summed E-state index contributed by atoms with van der Waals surface area (Å²) in [4.78, 5) is 0. The average Bonchev–Trinajstić information content (AvgIpc) is 2.52. The number of methoxy groups -OCH3 is 2. The van der Waals surface area contributed by atoms with Crippen LogP contribution in [0, 0.1) is 0 Å². The highest BCUT2D eigenvalue weighted by Crippen LogP contribution is 2.46. The molecule has 0 bridgehead atoms. The Morgan fingerprint density at radius 1 is 1.19 bits per heavy atom. The summed E-state index contributed by atoms with van der Waals surface area (Å²) in [6.07, 6.45) is -0.651. The molecule has 0 heterocycles. The van der Waals surface area contributed by atoms with Gasteiger partial charge in [-0.1, -0.05) is 11.6 Å². The first-order chi connectivity index (χ1) is 7.60. The quantitative estimate of drug-likeness (QED) is 0.864. The van der Waals surface area contributed by atoms with E-state index in [4.69, 9.17) is 21.1 Å². The van der Waals surface area contributed by atoms with E-state index in [2.05, 4.69) is 0 Å². The van der Waals surface area contributed by atoms with Crippen LogP contribution in [0.5, 0.6) is 11.5 Å². The van der Waals surface area contributed by atoms with Crippen LogP contribution in [0.3, 0.4) is 0 Å². The summed E-state index contributed by atoms with van der Waals surface area (Å²) in [7, 11) is 3.13. The molecule has 2 rings (SSSR count). The number of aliphatic hydroxyl groups is 1. The Morgan fingerprint density at radius 3 is 2.31 bits per heavy atom. The van der Waals surface area contributed by atoms with E-state index in [-0.39, 0.29) is 0 Å². The lowest BCUT2D eigenvalue weighted by molar-refractivity contribution is 0.219. The fraction of sp³-hybridized carbons (Fsp3) is 0.333. The number of rotatable bonds is 2. The normalized spacial score (nSPS) is 18.7. The van der Waals surface area contributed by atoms with Crippen molar-refractivity contribution in [2.75, 3.05) is 14.2 Å². The van der Waals surface area contributed by atoms with Crippen LogP contribution >= 0.6 is 11.6 Å². The highest BCUT2D eigenvalue weighted by molar-refractivity contribution is 6.50. The second-order valence-corrected chi connectivity index (χ2v) is 4.07. The van der Waals surface area contributed by atoms with Crippen LogP contribution in [-0.2, 0) is 0 Å². The Morgan fingerprint density at radius 2 is 1.75 bits per heavy atom. The van der Waals surface area contributed by atoms with Crippen molar-refractivity contribution in [3.8, 4) is 11.5 Å². The van der Waals surface area contributed by atoms with Gasteiger partial charge in [-0.25, -0.2) is 0 Å². The molecule has 0 aromatic heterocycles. The predicted molar refractivity (Wildman–Crippen MR) is 63.0 cm³/mol. The minimum atomic E-state index is -0.651. The Bertz CT molecular complexity index is 466. The molecule has 1 aliphatic rings. The fourth-order valence-electron chi connectivity index (χ4n) is 1.88. The Balaban J connectivity index is 2.62. The predicted octanol–water partition coefficient (Wildman–Crippen LogP) is 2.72. The van der Waals surface area contributed by atoms with Crippen molar-refractivity contribution in [3.05, 3.63) is 28.8 Å². The maximum absolute atomic E-state index is 9.97. The molecule has 0 saturated carbocycles. The number of ether oxygens (including phenoxy) is 2. The molecule has 0 saturated heterocycles. The third kappa shape index (κ3) is 1.47. The molecule has 1 unspecified atom stereocenters. The highest BCUT2D eigenvalue weighted by atomic mass is 35.5. The first kappa shape index (κ1) is 11.3. The lowest BCUT2D eigenvalue weighted by Gasteiger charge is -2.12. The second-order valence-electron chi connectivity index (χ2n) is 3.69. The molecule has 0 aliphatic heterocycles. The lowest BCUT2D eigenvalue weighted by Crippen LogP contribution is -1.97. The maximum Gasteiger partial charge on any atom is 0.161 e. The van der Waals surface area contributed by atoms with E-state index in [0.29, 0.717) is 16.5 Å². The van der Waals surface area contributed by atoms with E-state index < -0.39 is 6.10 Å². The molecular weight excluding hydrogens is 228 g/mol. The van der Waals surface area contributed by atoms with E-state index in [9.17, 15) is 5.11 Å². The van der Waals surface area contributed by atoms with Crippen molar-refractivity contribution in [1.29, 1.82) is 0 Å². The van der Waals surface area contributed by atoms with Gasteiger partial charge in [-0.3, -0.25) is 0 Å². The summed E-state index contributed by atoms with van der Waals surface area (Å²) in [5.41, 5.74) is 2.33. The summed E-state index contributed by atoms with van der Waals surface area (Å²) in [5, 5.41) is 10.6. The first-order valence-corrected chi connectivity index (χ1v) is 5.28. The summed E-state index contributed by atoms with van der Waals surface area (Å²) < 4.78 is 10.4. The van der Waals surface area contributed by atoms with E-state index >= 15 is 0 Å². The molecule has 0 fully saturated rings.